The van der Waals surface area contributed by atoms with Gasteiger partial charge in [0.1, 0.15) is 11.6 Å². The number of aromatic hydroxyl groups is 1. The fraction of sp³-hybridized carbons (Fsp3) is 0.280. The lowest BCUT2D eigenvalue weighted by molar-refractivity contribution is 0.0901. The lowest BCUT2D eigenvalue weighted by atomic mass is 10.0. The Balaban J connectivity index is 1.40. The molecule has 182 valence electrons. The molecule has 1 aliphatic rings. The Morgan fingerprint density at radius 1 is 1.06 bits per heavy atom. The molecule has 2 aromatic heterocycles. The molecule has 1 amide bonds. The second kappa shape index (κ2) is 9.55. The quantitative estimate of drug-likeness (QED) is 0.359. The van der Waals surface area contributed by atoms with Gasteiger partial charge in [-0.1, -0.05) is 30.7 Å². The number of piperidine rings is 1. The zero-order valence-corrected chi connectivity index (χ0v) is 19.8. The average Bonchev–Trinajstić information content (AvgIpc) is 3.54. The van der Waals surface area contributed by atoms with Crippen LogP contribution in [0.2, 0.25) is 0 Å². The molecule has 35 heavy (non-hydrogen) atoms. The van der Waals surface area contributed by atoms with Crippen molar-refractivity contribution in [2.45, 2.75) is 36.8 Å². The Bertz CT molecular complexity index is 1400. The number of imidazole rings is 1. The van der Waals surface area contributed by atoms with E-state index in [1.54, 1.807) is 24.3 Å². The molecule has 3 N–H and O–H groups in total. The second-order valence-electron chi connectivity index (χ2n) is 8.62. The molecule has 1 fully saturated rings. The van der Waals surface area contributed by atoms with E-state index in [2.05, 4.69) is 15.3 Å². The van der Waals surface area contributed by atoms with Crippen molar-refractivity contribution in [2.75, 3.05) is 13.1 Å². The van der Waals surface area contributed by atoms with E-state index in [0.29, 0.717) is 25.3 Å². The number of aromatic amines is 1. The summed E-state index contributed by atoms with van der Waals surface area (Å²) in [4.78, 5) is 21.0. The average molecular weight is 495 g/mol. The monoisotopic (exact) mass is 494 g/mol. The van der Waals surface area contributed by atoms with Gasteiger partial charge in [-0.15, -0.1) is 0 Å². The van der Waals surface area contributed by atoms with Crippen molar-refractivity contribution < 1.29 is 22.7 Å². The molecule has 0 bridgehead atoms. The standard InChI is InChI=1S/C25H26N4O5S/c30-18-10-8-17(9-11-18)16-21(24-26-19-6-2-3-7-20(19)27-24)28-25(31)22-12-13-23(34-22)35(32,33)29-14-4-1-5-15-29/h2-3,6-13,21,30H,1,4-5,14-16H2,(H,26,27)(H,28,31)/t21-/m0/s1. The molecule has 0 radical (unpaired) electrons. The van der Waals surface area contributed by atoms with Crippen molar-refractivity contribution in [2.24, 2.45) is 0 Å². The molecule has 5 rings (SSSR count). The molecule has 0 unspecified atom stereocenters. The number of phenols is 1. The summed E-state index contributed by atoms with van der Waals surface area (Å²) in [6.45, 7) is 0.899. The number of carbonyl (C=O) groups excluding carboxylic acids is 1. The fourth-order valence-electron chi connectivity index (χ4n) is 4.26. The Morgan fingerprint density at radius 3 is 2.54 bits per heavy atom. The largest absolute Gasteiger partial charge is 0.508 e. The number of hydrogen-bond acceptors (Lipinski definition) is 6. The predicted molar refractivity (Wildman–Crippen MR) is 129 cm³/mol. The van der Waals surface area contributed by atoms with E-state index in [1.165, 1.54) is 16.4 Å². The van der Waals surface area contributed by atoms with Gasteiger partial charge in [0.25, 0.3) is 15.9 Å². The van der Waals surface area contributed by atoms with E-state index >= 15 is 0 Å². The number of hydrogen-bond donors (Lipinski definition) is 3. The Kier molecular flexibility index (Phi) is 6.31. The highest BCUT2D eigenvalue weighted by molar-refractivity contribution is 7.89. The third-order valence-corrected chi connectivity index (χ3v) is 7.91. The molecule has 1 saturated heterocycles. The summed E-state index contributed by atoms with van der Waals surface area (Å²) >= 11 is 0. The first-order valence-corrected chi connectivity index (χ1v) is 13.0. The van der Waals surface area contributed by atoms with Crippen LogP contribution >= 0.6 is 0 Å². The number of fused-ring (bicyclic) bond motifs is 1. The minimum Gasteiger partial charge on any atom is -0.508 e. The Morgan fingerprint density at radius 2 is 1.80 bits per heavy atom. The van der Waals surface area contributed by atoms with Gasteiger partial charge in [0.2, 0.25) is 5.09 Å². The summed E-state index contributed by atoms with van der Waals surface area (Å²) in [5, 5.41) is 12.3. The van der Waals surface area contributed by atoms with Crippen LogP contribution in [0.3, 0.4) is 0 Å². The van der Waals surface area contributed by atoms with Gasteiger partial charge in [0, 0.05) is 13.1 Å². The molecule has 2 aromatic carbocycles. The number of nitrogens with one attached hydrogen (secondary N) is 2. The molecular weight excluding hydrogens is 468 g/mol. The summed E-state index contributed by atoms with van der Waals surface area (Å²) in [5.41, 5.74) is 2.47. The summed E-state index contributed by atoms with van der Waals surface area (Å²) < 4.78 is 32.7. The maximum atomic E-state index is 13.1. The minimum absolute atomic E-state index is 0.0904. The smallest absolute Gasteiger partial charge is 0.287 e. The number of aromatic nitrogens is 2. The number of furan rings is 1. The van der Waals surface area contributed by atoms with E-state index in [4.69, 9.17) is 4.42 Å². The number of H-pyrrole nitrogens is 1. The van der Waals surface area contributed by atoms with Crippen molar-refractivity contribution in [3.05, 3.63) is 77.8 Å². The van der Waals surface area contributed by atoms with Crippen LogP contribution in [0.1, 0.15) is 47.2 Å². The van der Waals surface area contributed by atoms with Gasteiger partial charge < -0.3 is 19.8 Å². The van der Waals surface area contributed by atoms with E-state index in [1.807, 2.05) is 24.3 Å². The van der Waals surface area contributed by atoms with E-state index in [-0.39, 0.29) is 16.6 Å². The third-order valence-electron chi connectivity index (χ3n) is 6.13. The van der Waals surface area contributed by atoms with Crippen molar-refractivity contribution in [1.82, 2.24) is 19.6 Å². The van der Waals surface area contributed by atoms with Gasteiger partial charge in [-0.3, -0.25) is 4.79 Å². The van der Waals surface area contributed by atoms with Crippen LogP contribution in [-0.2, 0) is 16.4 Å². The molecule has 1 atom stereocenters. The lowest BCUT2D eigenvalue weighted by Gasteiger charge is -2.24. The van der Waals surface area contributed by atoms with Crippen molar-refractivity contribution in [3.63, 3.8) is 0 Å². The second-order valence-corrected chi connectivity index (χ2v) is 10.5. The van der Waals surface area contributed by atoms with Gasteiger partial charge in [-0.05, 0) is 61.2 Å². The zero-order chi connectivity index (χ0) is 24.4. The number of benzene rings is 2. The number of carbonyl (C=O) groups is 1. The first-order valence-electron chi connectivity index (χ1n) is 11.5. The molecule has 0 aliphatic carbocycles. The van der Waals surface area contributed by atoms with Crippen LogP contribution in [0.5, 0.6) is 5.75 Å². The summed E-state index contributed by atoms with van der Waals surface area (Å²) in [6, 6.07) is 16.4. The topological polar surface area (TPSA) is 129 Å². The fourth-order valence-corrected chi connectivity index (χ4v) is 5.69. The molecule has 0 spiro atoms. The van der Waals surface area contributed by atoms with Gasteiger partial charge in [0.15, 0.2) is 5.76 Å². The van der Waals surface area contributed by atoms with Crippen LogP contribution in [-0.4, -0.2) is 46.8 Å². The van der Waals surface area contributed by atoms with Gasteiger partial charge in [-0.25, -0.2) is 13.4 Å². The maximum absolute atomic E-state index is 13.1. The summed E-state index contributed by atoms with van der Waals surface area (Å²) in [5.74, 6) is 0.0678. The van der Waals surface area contributed by atoms with Crippen molar-refractivity contribution in [3.8, 4) is 5.75 Å². The number of phenolic OH excluding ortho intramolecular Hbond substituents is 1. The Hall–Kier alpha value is -3.63. The molecule has 0 saturated carbocycles. The lowest BCUT2D eigenvalue weighted by Crippen LogP contribution is -2.35. The molecular formula is C25H26N4O5S. The number of para-hydroxylation sites is 2. The highest BCUT2D eigenvalue weighted by atomic mass is 32.2. The number of rotatable bonds is 7. The van der Waals surface area contributed by atoms with E-state index in [0.717, 1.165) is 35.9 Å². The van der Waals surface area contributed by atoms with E-state index in [9.17, 15) is 18.3 Å². The molecule has 1 aliphatic heterocycles. The van der Waals surface area contributed by atoms with Crippen LogP contribution in [0.4, 0.5) is 0 Å². The predicted octanol–water partition coefficient (Wildman–Crippen LogP) is 3.75. The van der Waals surface area contributed by atoms with Crippen LogP contribution < -0.4 is 5.32 Å². The van der Waals surface area contributed by atoms with Crippen LogP contribution in [0.15, 0.2) is 70.2 Å². The van der Waals surface area contributed by atoms with Gasteiger partial charge in [-0.2, -0.15) is 4.31 Å². The third kappa shape index (κ3) is 4.94. The Labute approximate surface area is 202 Å². The molecule has 10 heteroatoms. The molecule has 3 heterocycles. The zero-order valence-electron chi connectivity index (χ0n) is 19.0. The van der Waals surface area contributed by atoms with Gasteiger partial charge >= 0.3 is 0 Å². The van der Waals surface area contributed by atoms with Crippen LogP contribution in [0, 0.1) is 0 Å². The molecule has 9 nitrogen and oxygen atoms in total. The van der Waals surface area contributed by atoms with Crippen molar-refractivity contribution >= 4 is 27.0 Å². The highest BCUT2D eigenvalue weighted by Gasteiger charge is 2.30. The minimum atomic E-state index is -3.78. The maximum Gasteiger partial charge on any atom is 0.287 e. The van der Waals surface area contributed by atoms with Crippen LogP contribution in [0.25, 0.3) is 11.0 Å². The first-order chi connectivity index (χ1) is 16.9. The highest BCUT2D eigenvalue weighted by Crippen LogP contribution is 2.25. The number of nitrogens with zero attached hydrogens (tertiary/aromatic N) is 2. The van der Waals surface area contributed by atoms with E-state index < -0.39 is 22.0 Å². The normalized spacial score (nSPS) is 15.8. The summed E-state index contributed by atoms with van der Waals surface area (Å²) in [7, 11) is -3.78. The van der Waals surface area contributed by atoms with Gasteiger partial charge in [0.05, 0.1) is 17.1 Å². The molecule has 4 aromatic rings. The number of sulfonamides is 1. The first kappa shape index (κ1) is 23.1. The van der Waals surface area contributed by atoms with Crippen molar-refractivity contribution in [1.29, 1.82) is 0 Å². The summed E-state index contributed by atoms with van der Waals surface area (Å²) in [6.07, 6.45) is 3.01. The number of amides is 1. The SMILES string of the molecule is O=C(N[C@@H](Cc1ccc(O)cc1)c1nc2ccccc2[nH]1)c1ccc(S(=O)(=O)N2CCCCC2)o1.